The fourth-order valence-corrected chi connectivity index (χ4v) is 1.08. The van der Waals surface area contributed by atoms with Crippen molar-refractivity contribution < 1.29 is 12.6 Å². The minimum Gasteiger partial charge on any atom is -0.447 e. The standard InChI is InChI=1S/C8H16INO3/c1-3-5-10(4-2)8(11)12-6-7-13-9/h3-7H2,1-2H3. The predicted molar refractivity (Wildman–Crippen MR) is 58.9 cm³/mol. The summed E-state index contributed by atoms with van der Waals surface area (Å²) < 4.78 is 9.69. The summed E-state index contributed by atoms with van der Waals surface area (Å²) in [6.07, 6.45) is 0.698. The van der Waals surface area contributed by atoms with Crippen LogP contribution in [0.1, 0.15) is 20.3 Å². The molecule has 1 amide bonds. The van der Waals surface area contributed by atoms with Crippen LogP contribution in [0.5, 0.6) is 0 Å². The molecule has 0 aliphatic heterocycles. The van der Waals surface area contributed by atoms with Crippen molar-refractivity contribution in [1.29, 1.82) is 0 Å². The van der Waals surface area contributed by atoms with Gasteiger partial charge >= 0.3 is 6.09 Å². The van der Waals surface area contributed by atoms with Gasteiger partial charge in [0.1, 0.15) is 29.6 Å². The summed E-state index contributed by atoms with van der Waals surface area (Å²) in [7, 11) is 0. The molecule has 0 atom stereocenters. The number of ether oxygens (including phenoxy) is 1. The molecule has 0 N–H and O–H groups in total. The Morgan fingerprint density at radius 3 is 2.54 bits per heavy atom. The van der Waals surface area contributed by atoms with E-state index in [-0.39, 0.29) is 6.09 Å². The Bertz CT molecular complexity index is 143. The second-order valence-electron chi connectivity index (χ2n) is 2.51. The van der Waals surface area contributed by atoms with E-state index < -0.39 is 0 Å². The molecule has 0 spiro atoms. The summed E-state index contributed by atoms with van der Waals surface area (Å²) >= 11 is 1.77. The van der Waals surface area contributed by atoms with Gasteiger partial charge in [-0.2, -0.15) is 0 Å². The summed E-state index contributed by atoms with van der Waals surface area (Å²) in [5.41, 5.74) is 0. The Hall–Kier alpha value is -0.0400. The van der Waals surface area contributed by atoms with E-state index in [0.29, 0.717) is 19.8 Å². The van der Waals surface area contributed by atoms with Crippen LogP contribution in [0.4, 0.5) is 4.79 Å². The molecular weight excluding hydrogens is 285 g/mol. The molecule has 0 heterocycles. The quantitative estimate of drug-likeness (QED) is 0.558. The SMILES string of the molecule is CCCN(CC)C(=O)OCCOI. The topological polar surface area (TPSA) is 38.8 Å². The van der Waals surface area contributed by atoms with E-state index in [9.17, 15) is 4.79 Å². The number of nitrogens with zero attached hydrogens (tertiary/aromatic N) is 1. The third kappa shape index (κ3) is 6.09. The number of carbonyl (C=O) groups excluding carboxylic acids is 1. The lowest BCUT2D eigenvalue weighted by molar-refractivity contribution is 0.0955. The van der Waals surface area contributed by atoms with Gasteiger partial charge in [0, 0.05) is 13.1 Å². The minimum absolute atomic E-state index is 0.252. The van der Waals surface area contributed by atoms with E-state index in [1.165, 1.54) is 0 Å². The van der Waals surface area contributed by atoms with Gasteiger partial charge in [0.15, 0.2) is 0 Å². The highest BCUT2D eigenvalue weighted by atomic mass is 127. The number of halogens is 1. The normalized spacial score (nSPS) is 9.77. The van der Waals surface area contributed by atoms with Crippen molar-refractivity contribution in [3.05, 3.63) is 0 Å². The van der Waals surface area contributed by atoms with Crippen molar-refractivity contribution in [1.82, 2.24) is 4.90 Å². The minimum atomic E-state index is -0.252. The van der Waals surface area contributed by atoms with Crippen molar-refractivity contribution in [2.45, 2.75) is 20.3 Å². The molecule has 0 aliphatic rings. The Morgan fingerprint density at radius 2 is 2.08 bits per heavy atom. The fourth-order valence-electron chi connectivity index (χ4n) is 0.900. The average Bonchev–Trinajstić information content (AvgIpc) is 2.14. The fraction of sp³-hybridized carbons (Fsp3) is 0.875. The molecule has 0 aromatic heterocycles. The summed E-state index contributed by atoms with van der Waals surface area (Å²) in [5, 5.41) is 0. The van der Waals surface area contributed by atoms with Crippen LogP contribution in [0.25, 0.3) is 0 Å². The van der Waals surface area contributed by atoms with Crippen molar-refractivity contribution in [2.24, 2.45) is 0 Å². The van der Waals surface area contributed by atoms with Crippen LogP contribution in [-0.2, 0) is 7.80 Å². The van der Waals surface area contributed by atoms with Gasteiger partial charge in [-0.1, -0.05) is 6.92 Å². The Morgan fingerprint density at radius 1 is 1.38 bits per heavy atom. The summed E-state index contributed by atoms with van der Waals surface area (Å²) in [6.45, 7) is 6.17. The first-order chi connectivity index (χ1) is 6.26. The van der Waals surface area contributed by atoms with Gasteiger partial charge in [-0.15, -0.1) is 0 Å². The first-order valence-electron chi connectivity index (χ1n) is 4.41. The molecule has 0 rings (SSSR count). The van der Waals surface area contributed by atoms with Crippen LogP contribution in [-0.4, -0.2) is 37.3 Å². The summed E-state index contributed by atoms with van der Waals surface area (Å²) in [5.74, 6) is 0. The number of hydrogen-bond donors (Lipinski definition) is 0. The molecule has 0 aliphatic carbocycles. The summed E-state index contributed by atoms with van der Waals surface area (Å²) in [4.78, 5) is 13.0. The van der Waals surface area contributed by atoms with Gasteiger partial charge in [-0.25, -0.2) is 4.79 Å². The molecule has 0 saturated carbocycles. The Balaban J connectivity index is 3.64. The van der Waals surface area contributed by atoms with Crippen LogP contribution < -0.4 is 0 Å². The molecule has 0 aromatic rings. The predicted octanol–water partition coefficient (Wildman–Crippen LogP) is 2.22. The smallest absolute Gasteiger partial charge is 0.409 e. The number of amides is 1. The molecule has 5 heteroatoms. The second kappa shape index (κ2) is 8.55. The lowest BCUT2D eigenvalue weighted by Gasteiger charge is -2.18. The van der Waals surface area contributed by atoms with Gasteiger partial charge in [0.05, 0.1) is 6.61 Å². The number of hydrogen-bond acceptors (Lipinski definition) is 3. The summed E-state index contributed by atoms with van der Waals surface area (Å²) in [6, 6.07) is 0. The molecule has 0 bridgehead atoms. The van der Waals surface area contributed by atoms with Crippen molar-refractivity contribution >= 4 is 29.1 Å². The van der Waals surface area contributed by atoms with Crippen molar-refractivity contribution in [3.63, 3.8) is 0 Å². The zero-order chi connectivity index (χ0) is 10.1. The highest BCUT2D eigenvalue weighted by Crippen LogP contribution is 1.96. The number of carbonyl (C=O) groups is 1. The molecule has 0 fully saturated rings. The molecule has 0 unspecified atom stereocenters. The van der Waals surface area contributed by atoms with E-state index in [2.05, 4.69) is 0 Å². The van der Waals surface area contributed by atoms with Crippen LogP contribution >= 0.6 is 23.0 Å². The van der Waals surface area contributed by atoms with Crippen LogP contribution in [0.3, 0.4) is 0 Å². The second-order valence-corrected chi connectivity index (χ2v) is 3.13. The molecule has 78 valence electrons. The maximum atomic E-state index is 11.3. The van der Waals surface area contributed by atoms with Crippen LogP contribution in [0.15, 0.2) is 0 Å². The van der Waals surface area contributed by atoms with E-state index >= 15 is 0 Å². The zero-order valence-electron chi connectivity index (χ0n) is 8.09. The maximum Gasteiger partial charge on any atom is 0.409 e. The molecule has 0 saturated heterocycles. The van der Waals surface area contributed by atoms with E-state index in [1.807, 2.05) is 13.8 Å². The van der Waals surface area contributed by atoms with E-state index in [4.69, 9.17) is 7.80 Å². The maximum absolute atomic E-state index is 11.3. The molecule has 13 heavy (non-hydrogen) atoms. The van der Waals surface area contributed by atoms with E-state index in [1.54, 1.807) is 27.9 Å². The van der Waals surface area contributed by atoms with Gasteiger partial charge in [-0.3, -0.25) is 0 Å². The molecule has 0 radical (unpaired) electrons. The third-order valence-electron chi connectivity index (χ3n) is 1.52. The lowest BCUT2D eigenvalue weighted by atomic mass is 10.4. The highest BCUT2D eigenvalue weighted by molar-refractivity contribution is 14.1. The van der Waals surface area contributed by atoms with Gasteiger partial charge in [0.2, 0.25) is 0 Å². The Kier molecular flexibility index (Phi) is 8.53. The largest absolute Gasteiger partial charge is 0.447 e. The highest BCUT2D eigenvalue weighted by Gasteiger charge is 2.10. The van der Waals surface area contributed by atoms with Crippen LogP contribution in [0.2, 0.25) is 0 Å². The molecular formula is C8H16INO3. The van der Waals surface area contributed by atoms with E-state index in [0.717, 1.165) is 13.0 Å². The van der Waals surface area contributed by atoms with Crippen molar-refractivity contribution in [2.75, 3.05) is 26.3 Å². The third-order valence-corrected chi connectivity index (χ3v) is 1.96. The Labute approximate surface area is 93.3 Å². The van der Waals surface area contributed by atoms with Gasteiger partial charge < -0.3 is 12.7 Å². The zero-order valence-corrected chi connectivity index (χ0v) is 10.2. The van der Waals surface area contributed by atoms with Gasteiger partial charge in [-0.05, 0) is 13.3 Å². The molecule has 0 aromatic carbocycles. The monoisotopic (exact) mass is 301 g/mol. The first-order valence-corrected chi connectivity index (χ1v) is 5.29. The average molecular weight is 301 g/mol. The lowest BCUT2D eigenvalue weighted by Crippen LogP contribution is -2.32. The number of rotatable bonds is 6. The van der Waals surface area contributed by atoms with Gasteiger partial charge in [0.25, 0.3) is 0 Å². The van der Waals surface area contributed by atoms with Crippen LogP contribution in [0, 0.1) is 0 Å². The van der Waals surface area contributed by atoms with Crippen molar-refractivity contribution in [3.8, 4) is 0 Å². The first kappa shape index (κ1) is 13.0. The molecule has 4 nitrogen and oxygen atoms in total.